The van der Waals surface area contributed by atoms with Crippen molar-refractivity contribution in [3.8, 4) is 0 Å². The standard InChI is InChI=1S/C11H17FN4/c1-13-11-14-8-9(12)10(15-11)16-6-4-2-3-5-7-16/h8H,2-7H2,1H3,(H,13,14,15). The fourth-order valence-corrected chi connectivity index (χ4v) is 1.98. The van der Waals surface area contributed by atoms with Crippen LogP contribution in [0.3, 0.4) is 0 Å². The molecule has 2 heterocycles. The SMILES string of the molecule is CNc1ncc(F)c(N2CCCCCC2)n1. The van der Waals surface area contributed by atoms with Crippen LogP contribution in [0.2, 0.25) is 0 Å². The number of nitrogens with one attached hydrogen (secondary N) is 1. The third-order valence-electron chi connectivity index (χ3n) is 2.85. The second-order valence-corrected chi connectivity index (χ2v) is 4.02. The van der Waals surface area contributed by atoms with Gasteiger partial charge in [-0.3, -0.25) is 0 Å². The van der Waals surface area contributed by atoms with Crippen LogP contribution >= 0.6 is 0 Å². The Morgan fingerprint density at radius 1 is 1.25 bits per heavy atom. The summed E-state index contributed by atoms with van der Waals surface area (Å²) in [5.41, 5.74) is 0. The number of hydrogen-bond acceptors (Lipinski definition) is 4. The van der Waals surface area contributed by atoms with Crippen molar-refractivity contribution in [2.75, 3.05) is 30.4 Å². The summed E-state index contributed by atoms with van der Waals surface area (Å²) in [6.07, 6.45) is 5.90. The number of hydrogen-bond donors (Lipinski definition) is 1. The average molecular weight is 224 g/mol. The van der Waals surface area contributed by atoms with E-state index in [1.165, 1.54) is 19.0 Å². The van der Waals surface area contributed by atoms with Gasteiger partial charge in [-0.1, -0.05) is 12.8 Å². The van der Waals surface area contributed by atoms with Crippen LogP contribution in [-0.2, 0) is 0 Å². The first-order chi connectivity index (χ1) is 7.81. The van der Waals surface area contributed by atoms with Gasteiger partial charge in [-0.25, -0.2) is 9.37 Å². The highest BCUT2D eigenvalue weighted by atomic mass is 19.1. The van der Waals surface area contributed by atoms with E-state index < -0.39 is 0 Å². The molecular formula is C11H17FN4. The molecule has 0 bridgehead atoms. The molecular weight excluding hydrogens is 207 g/mol. The second kappa shape index (κ2) is 5.09. The molecule has 4 nitrogen and oxygen atoms in total. The first-order valence-electron chi connectivity index (χ1n) is 5.76. The number of anilines is 2. The van der Waals surface area contributed by atoms with E-state index in [1.807, 2.05) is 4.90 Å². The summed E-state index contributed by atoms with van der Waals surface area (Å²) in [6, 6.07) is 0. The maximum Gasteiger partial charge on any atom is 0.224 e. The Balaban J connectivity index is 2.22. The molecule has 0 aromatic carbocycles. The molecule has 1 aliphatic heterocycles. The molecule has 1 aromatic rings. The molecule has 5 heteroatoms. The quantitative estimate of drug-likeness (QED) is 0.834. The number of halogens is 1. The Morgan fingerprint density at radius 3 is 2.56 bits per heavy atom. The number of rotatable bonds is 2. The Labute approximate surface area is 94.9 Å². The third kappa shape index (κ3) is 2.40. The molecule has 1 saturated heterocycles. The summed E-state index contributed by atoms with van der Waals surface area (Å²) in [5.74, 6) is 0.572. The molecule has 0 radical (unpaired) electrons. The van der Waals surface area contributed by atoms with Gasteiger partial charge in [-0.2, -0.15) is 4.98 Å². The molecule has 1 aliphatic rings. The lowest BCUT2D eigenvalue weighted by Gasteiger charge is -2.21. The summed E-state index contributed by atoms with van der Waals surface area (Å²) in [7, 11) is 1.74. The van der Waals surface area contributed by atoms with Gasteiger partial charge in [0.15, 0.2) is 11.6 Å². The zero-order valence-electron chi connectivity index (χ0n) is 9.54. The molecule has 1 fully saturated rings. The van der Waals surface area contributed by atoms with Gasteiger partial charge < -0.3 is 10.2 Å². The van der Waals surface area contributed by atoms with Gasteiger partial charge in [0, 0.05) is 20.1 Å². The van der Waals surface area contributed by atoms with Crippen molar-refractivity contribution in [1.82, 2.24) is 9.97 Å². The topological polar surface area (TPSA) is 41.1 Å². The molecule has 0 spiro atoms. The summed E-state index contributed by atoms with van der Waals surface area (Å²) >= 11 is 0. The normalized spacial score (nSPS) is 17.0. The van der Waals surface area contributed by atoms with Crippen LogP contribution in [-0.4, -0.2) is 30.1 Å². The Kier molecular flexibility index (Phi) is 3.54. The van der Waals surface area contributed by atoms with Crippen molar-refractivity contribution in [2.45, 2.75) is 25.7 Å². The lowest BCUT2D eigenvalue weighted by atomic mass is 10.2. The minimum atomic E-state index is -0.332. The van der Waals surface area contributed by atoms with Crippen LogP contribution in [0.5, 0.6) is 0 Å². The van der Waals surface area contributed by atoms with Crippen molar-refractivity contribution in [2.24, 2.45) is 0 Å². The van der Waals surface area contributed by atoms with E-state index in [0.717, 1.165) is 25.9 Å². The Hall–Kier alpha value is -1.39. The summed E-state index contributed by atoms with van der Waals surface area (Å²) in [6.45, 7) is 1.77. The predicted molar refractivity (Wildman–Crippen MR) is 62.2 cm³/mol. The molecule has 0 atom stereocenters. The molecule has 0 unspecified atom stereocenters. The van der Waals surface area contributed by atoms with Crippen LogP contribution < -0.4 is 10.2 Å². The van der Waals surface area contributed by atoms with E-state index in [-0.39, 0.29) is 5.82 Å². The summed E-state index contributed by atoms with van der Waals surface area (Å²) < 4.78 is 13.6. The highest BCUT2D eigenvalue weighted by Crippen LogP contribution is 2.20. The molecule has 0 amide bonds. The van der Waals surface area contributed by atoms with E-state index in [1.54, 1.807) is 7.05 Å². The number of aromatic nitrogens is 2. The fraction of sp³-hybridized carbons (Fsp3) is 0.636. The van der Waals surface area contributed by atoms with Crippen LogP contribution in [0.1, 0.15) is 25.7 Å². The lowest BCUT2D eigenvalue weighted by Crippen LogP contribution is -2.26. The first kappa shape index (κ1) is 11.1. The van der Waals surface area contributed by atoms with Crippen molar-refractivity contribution in [3.05, 3.63) is 12.0 Å². The van der Waals surface area contributed by atoms with Crippen molar-refractivity contribution < 1.29 is 4.39 Å². The van der Waals surface area contributed by atoms with E-state index in [2.05, 4.69) is 15.3 Å². The predicted octanol–water partition coefficient (Wildman–Crippen LogP) is 2.04. The average Bonchev–Trinajstić information content (AvgIpc) is 2.58. The maximum atomic E-state index is 13.6. The van der Waals surface area contributed by atoms with Crippen molar-refractivity contribution in [1.29, 1.82) is 0 Å². The van der Waals surface area contributed by atoms with Crippen molar-refractivity contribution >= 4 is 11.8 Å². The largest absolute Gasteiger partial charge is 0.357 e. The second-order valence-electron chi connectivity index (χ2n) is 4.02. The molecule has 2 rings (SSSR count). The monoisotopic (exact) mass is 224 g/mol. The molecule has 0 aliphatic carbocycles. The molecule has 16 heavy (non-hydrogen) atoms. The maximum absolute atomic E-state index is 13.6. The van der Waals surface area contributed by atoms with Gasteiger partial charge in [-0.15, -0.1) is 0 Å². The van der Waals surface area contributed by atoms with Gasteiger partial charge in [0.05, 0.1) is 6.20 Å². The van der Waals surface area contributed by atoms with E-state index in [0.29, 0.717) is 11.8 Å². The third-order valence-corrected chi connectivity index (χ3v) is 2.85. The summed E-state index contributed by atoms with van der Waals surface area (Å²) in [5, 5.41) is 2.83. The van der Waals surface area contributed by atoms with Gasteiger partial charge in [0.2, 0.25) is 5.95 Å². The van der Waals surface area contributed by atoms with E-state index in [9.17, 15) is 4.39 Å². The minimum absolute atomic E-state index is 0.332. The molecule has 0 saturated carbocycles. The van der Waals surface area contributed by atoms with E-state index in [4.69, 9.17) is 0 Å². The number of nitrogens with zero attached hydrogens (tertiary/aromatic N) is 3. The highest BCUT2D eigenvalue weighted by Gasteiger charge is 2.16. The van der Waals surface area contributed by atoms with Crippen LogP contribution in [0.4, 0.5) is 16.2 Å². The highest BCUT2D eigenvalue weighted by molar-refractivity contribution is 5.43. The van der Waals surface area contributed by atoms with Crippen LogP contribution in [0, 0.1) is 5.82 Å². The van der Waals surface area contributed by atoms with Crippen LogP contribution in [0.25, 0.3) is 0 Å². The Morgan fingerprint density at radius 2 is 1.94 bits per heavy atom. The van der Waals surface area contributed by atoms with Gasteiger partial charge in [0.1, 0.15) is 0 Å². The molecule has 1 N–H and O–H groups in total. The zero-order chi connectivity index (χ0) is 11.4. The summed E-state index contributed by atoms with van der Waals surface area (Å²) in [4.78, 5) is 10.1. The van der Waals surface area contributed by atoms with Crippen molar-refractivity contribution in [3.63, 3.8) is 0 Å². The van der Waals surface area contributed by atoms with Crippen LogP contribution in [0.15, 0.2) is 6.20 Å². The van der Waals surface area contributed by atoms with Gasteiger partial charge >= 0.3 is 0 Å². The Bertz CT molecular complexity index is 348. The fourth-order valence-electron chi connectivity index (χ4n) is 1.98. The molecule has 1 aromatic heterocycles. The van der Waals surface area contributed by atoms with Gasteiger partial charge in [-0.05, 0) is 12.8 Å². The minimum Gasteiger partial charge on any atom is -0.357 e. The smallest absolute Gasteiger partial charge is 0.224 e. The van der Waals surface area contributed by atoms with Gasteiger partial charge in [0.25, 0.3) is 0 Å². The lowest BCUT2D eigenvalue weighted by molar-refractivity contribution is 0.601. The zero-order valence-corrected chi connectivity index (χ0v) is 9.54. The van der Waals surface area contributed by atoms with E-state index >= 15 is 0 Å². The first-order valence-corrected chi connectivity index (χ1v) is 5.76. The molecule has 88 valence electrons.